The van der Waals surface area contributed by atoms with Crippen molar-refractivity contribution in [2.24, 2.45) is 0 Å². The second-order valence-electron chi connectivity index (χ2n) is 6.31. The standard InChI is InChI=1S/C22H18N2O3/c25-24(26)27-15-19(16-9-3-1-4-10-16)21-18-13-7-8-14-20(18)23-22(21)17-11-5-2-6-12-17/h1-14,19,23H,15H2/t19-/m1/s1. The van der Waals surface area contributed by atoms with Crippen LogP contribution in [0.25, 0.3) is 22.2 Å². The summed E-state index contributed by atoms with van der Waals surface area (Å²) in [6, 6.07) is 27.8. The molecular weight excluding hydrogens is 340 g/mol. The van der Waals surface area contributed by atoms with Crippen LogP contribution in [-0.4, -0.2) is 16.7 Å². The van der Waals surface area contributed by atoms with Gasteiger partial charge in [-0.3, -0.25) is 0 Å². The molecule has 5 heteroatoms. The average Bonchev–Trinajstić information content (AvgIpc) is 3.09. The van der Waals surface area contributed by atoms with Gasteiger partial charge in [-0.25, -0.2) is 0 Å². The minimum atomic E-state index is -0.729. The van der Waals surface area contributed by atoms with Gasteiger partial charge < -0.3 is 9.82 Å². The Kier molecular flexibility index (Phi) is 4.58. The number of benzene rings is 3. The van der Waals surface area contributed by atoms with Crippen molar-refractivity contribution in [3.63, 3.8) is 0 Å². The molecule has 1 heterocycles. The molecule has 27 heavy (non-hydrogen) atoms. The van der Waals surface area contributed by atoms with E-state index in [9.17, 15) is 10.1 Å². The van der Waals surface area contributed by atoms with Crippen LogP contribution in [0.4, 0.5) is 0 Å². The Morgan fingerprint density at radius 1 is 0.889 bits per heavy atom. The number of para-hydroxylation sites is 1. The van der Waals surface area contributed by atoms with E-state index in [1.54, 1.807) is 0 Å². The number of hydrogen-bond acceptors (Lipinski definition) is 3. The van der Waals surface area contributed by atoms with E-state index in [0.717, 1.165) is 33.3 Å². The zero-order chi connectivity index (χ0) is 18.6. The van der Waals surface area contributed by atoms with E-state index < -0.39 is 5.09 Å². The topological polar surface area (TPSA) is 68.2 Å². The highest BCUT2D eigenvalue weighted by atomic mass is 16.9. The second-order valence-corrected chi connectivity index (χ2v) is 6.31. The molecule has 0 bridgehead atoms. The first kappa shape index (κ1) is 16.8. The van der Waals surface area contributed by atoms with Gasteiger partial charge in [0.15, 0.2) is 0 Å². The fourth-order valence-corrected chi connectivity index (χ4v) is 3.53. The quantitative estimate of drug-likeness (QED) is 0.382. The van der Waals surface area contributed by atoms with Crippen LogP contribution in [0.3, 0.4) is 0 Å². The first-order valence-corrected chi connectivity index (χ1v) is 8.72. The molecule has 0 aliphatic carbocycles. The number of aromatic amines is 1. The van der Waals surface area contributed by atoms with E-state index in [2.05, 4.69) is 4.98 Å². The summed E-state index contributed by atoms with van der Waals surface area (Å²) in [7, 11) is 0. The molecule has 0 spiro atoms. The highest BCUT2D eigenvalue weighted by molar-refractivity contribution is 5.92. The summed E-state index contributed by atoms with van der Waals surface area (Å²) in [6.45, 7) is -0.0430. The molecule has 0 amide bonds. The monoisotopic (exact) mass is 358 g/mol. The third-order valence-electron chi connectivity index (χ3n) is 4.71. The number of hydrogen-bond donors (Lipinski definition) is 1. The molecule has 0 radical (unpaired) electrons. The SMILES string of the molecule is O=[N+]([O-])OC[C@H](c1ccccc1)c1c(-c2ccccc2)[nH]c2ccccc12. The number of nitrogens with zero attached hydrogens (tertiary/aromatic N) is 1. The Morgan fingerprint density at radius 2 is 1.52 bits per heavy atom. The minimum absolute atomic E-state index is 0.0430. The molecule has 3 aromatic carbocycles. The molecule has 1 aromatic heterocycles. The number of fused-ring (bicyclic) bond motifs is 1. The van der Waals surface area contributed by atoms with E-state index in [1.807, 2.05) is 84.9 Å². The van der Waals surface area contributed by atoms with Crippen molar-refractivity contribution in [1.29, 1.82) is 0 Å². The lowest BCUT2D eigenvalue weighted by Gasteiger charge is -2.18. The van der Waals surface area contributed by atoms with Crippen molar-refractivity contribution in [3.8, 4) is 11.3 Å². The summed E-state index contributed by atoms with van der Waals surface area (Å²) < 4.78 is 0. The van der Waals surface area contributed by atoms with Crippen LogP contribution in [0.15, 0.2) is 84.9 Å². The summed E-state index contributed by atoms with van der Waals surface area (Å²) in [4.78, 5) is 19.2. The Morgan fingerprint density at radius 3 is 2.22 bits per heavy atom. The maximum atomic E-state index is 10.9. The summed E-state index contributed by atoms with van der Waals surface area (Å²) >= 11 is 0. The van der Waals surface area contributed by atoms with Gasteiger partial charge in [-0.15, -0.1) is 10.1 Å². The maximum absolute atomic E-state index is 10.9. The van der Waals surface area contributed by atoms with Gasteiger partial charge >= 0.3 is 0 Å². The lowest BCUT2D eigenvalue weighted by molar-refractivity contribution is -0.758. The van der Waals surface area contributed by atoms with Gasteiger partial charge in [-0.2, -0.15) is 0 Å². The van der Waals surface area contributed by atoms with Crippen LogP contribution in [0.2, 0.25) is 0 Å². The first-order chi connectivity index (χ1) is 13.2. The smallest absolute Gasteiger partial charge is 0.294 e. The van der Waals surface area contributed by atoms with Gasteiger partial charge in [-0.1, -0.05) is 78.9 Å². The minimum Gasteiger partial charge on any atom is -0.354 e. The van der Waals surface area contributed by atoms with Crippen molar-refractivity contribution in [1.82, 2.24) is 4.98 Å². The molecule has 1 N–H and O–H groups in total. The van der Waals surface area contributed by atoms with Gasteiger partial charge in [0.2, 0.25) is 0 Å². The van der Waals surface area contributed by atoms with Crippen LogP contribution in [-0.2, 0) is 4.84 Å². The molecule has 0 unspecified atom stereocenters. The van der Waals surface area contributed by atoms with Crippen molar-refractivity contribution >= 4 is 10.9 Å². The van der Waals surface area contributed by atoms with Crippen LogP contribution in [0, 0.1) is 10.1 Å². The third-order valence-corrected chi connectivity index (χ3v) is 4.71. The van der Waals surface area contributed by atoms with Gasteiger partial charge in [0.1, 0.15) is 6.61 Å². The van der Waals surface area contributed by atoms with E-state index >= 15 is 0 Å². The third kappa shape index (κ3) is 3.40. The van der Waals surface area contributed by atoms with Gasteiger partial charge in [0.25, 0.3) is 5.09 Å². The lowest BCUT2D eigenvalue weighted by atomic mass is 9.88. The molecule has 0 fully saturated rings. The molecule has 0 saturated heterocycles. The Balaban J connectivity index is 1.94. The zero-order valence-corrected chi connectivity index (χ0v) is 14.5. The van der Waals surface area contributed by atoms with Crippen molar-refractivity contribution < 1.29 is 9.92 Å². The van der Waals surface area contributed by atoms with Crippen LogP contribution < -0.4 is 0 Å². The van der Waals surface area contributed by atoms with Gasteiger partial charge in [0.05, 0.1) is 5.69 Å². The molecule has 0 aliphatic rings. The van der Waals surface area contributed by atoms with Crippen molar-refractivity contribution in [2.75, 3.05) is 6.61 Å². The van der Waals surface area contributed by atoms with Crippen molar-refractivity contribution in [3.05, 3.63) is 106 Å². The number of aromatic nitrogens is 1. The number of nitrogens with one attached hydrogen (secondary N) is 1. The normalized spacial score (nSPS) is 12.0. The summed E-state index contributed by atoms with van der Waals surface area (Å²) in [5, 5.41) is 11.2. The largest absolute Gasteiger partial charge is 0.354 e. The summed E-state index contributed by atoms with van der Waals surface area (Å²) in [5.74, 6) is -0.275. The van der Waals surface area contributed by atoms with E-state index in [-0.39, 0.29) is 12.5 Å². The number of rotatable bonds is 6. The Labute approximate surface area is 156 Å². The molecule has 0 saturated carbocycles. The first-order valence-electron chi connectivity index (χ1n) is 8.72. The second kappa shape index (κ2) is 7.33. The summed E-state index contributed by atoms with van der Waals surface area (Å²) in [5.41, 5.74) is 4.96. The fraction of sp³-hybridized carbons (Fsp3) is 0.0909. The molecule has 134 valence electrons. The van der Waals surface area contributed by atoms with E-state index in [0.29, 0.717) is 0 Å². The predicted octanol–water partition coefficient (Wildman–Crippen LogP) is 5.18. The molecule has 1 atom stereocenters. The van der Waals surface area contributed by atoms with E-state index in [1.165, 1.54) is 0 Å². The highest BCUT2D eigenvalue weighted by Crippen LogP contribution is 2.38. The fourth-order valence-electron chi connectivity index (χ4n) is 3.53. The molecule has 0 aliphatic heterocycles. The van der Waals surface area contributed by atoms with Crippen molar-refractivity contribution in [2.45, 2.75) is 5.92 Å². The van der Waals surface area contributed by atoms with Gasteiger partial charge in [-0.05, 0) is 22.8 Å². The van der Waals surface area contributed by atoms with Crippen LogP contribution in [0.5, 0.6) is 0 Å². The molecular formula is C22H18N2O3. The van der Waals surface area contributed by atoms with Gasteiger partial charge in [0, 0.05) is 16.8 Å². The summed E-state index contributed by atoms with van der Waals surface area (Å²) in [6.07, 6.45) is 0. The predicted molar refractivity (Wildman–Crippen MR) is 105 cm³/mol. The van der Waals surface area contributed by atoms with Crippen LogP contribution >= 0.6 is 0 Å². The lowest BCUT2D eigenvalue weighted by Crippen LogP contribution is -2.13. The Hall–Kier alpha value is -3.60. The molecule has 4 aromatic rings. The highest BCUT2D eigenvalue weighted by Gasteiger charge is 2.24. The molecule has 4 rings (SSSR count). The van der Waals surface area contributed by atoms with E-state index in [4.69, 9.17) is 4.84 Å². The molecule has 5 nitrogen and oxygen atoms in total. The number of H-pyrrole nitrogens is 1. The zero-order valence-electron chi connectivity index (χ0n) is 14.5. The average molecular weight is 358 g/mol. The maximum Gasteiger partial charge on any atom is 0.294 e. The van der Waals surface area contributed by atoms with Crippen LogP contribution in [0.1, 0.15) is 17.0 Å². The Bertz CT molecular complexity index is 1060.